The van der Waals surface area contributed by atoms with Crippen molar-refractivity contribution in [3.63, 3.8) is 0 Å². The number of piperidine rings is 1. The molecule has 2 atom stereocenters. The maximum Gasteiger partial charge on any atom is 0.404 e. The quantitative estimate of drug-likeness (QED) is 0.258. The molecule has 12 nitrogen and oxygen atoms in total. The molecular weight excluding hydrogens is 667 g/mol. The zero-order chi connectivity index (χ0) is 30.5. The van der Waals surface area contributed by atoms with E-state index in [1.807, 2.05) is 37.2 Å². The maximum absolute atomic E-state index is 14.0. The first-order valence-electron chi connectivity index (χ1n) is 14.3. The first-order valence-corrected chi connectivity index (χ1v) is 15.4. The molecule has 43 heavy (non-hydrogen) atoms. The van der Waals surface area contributed by atoms with Gasteiger partial charge in [0, 0.05) is 39.6 Å². The summed E-state index contributed by atoms with van der Waals surface area (Å²) < 4.78 is 7.09. The average molecular weight is 703 g/mol. The normalized spacial score (nSPS) is 20.8. The highest BCUT2D eigenvalue weighted by molar-refractivity contribution is 14.1. The summed E-state index contributed by atoms with van der Waals surface area (Å²) in [7, 11) is 4.07. The lowest BCUT2D eigenvalue weighted by molar-refractivity contribution is 0.0751. The number of nitrogens with zero attached hydrogens (tertiary/aromatic N) is 5. The summed E-state index contributed by atoms with van der Waals surface area (Å²) in [4.78, 5) is 40.6. The van der Waals surface area contributed by atoms with E-state index in [1.54, 1.807) is 11.0 Å². The number of β-amino-alcohol motifs (C(OH)–C–C–N with tert-alkyl or cyclic N) is 1. The Labute approximate surface area is 262 Å². The van der Waals surface area contributed by atoms with Gasteiger partial charge in [0.15, 0.2) is 0 Å². The number of phenolic OH excluding ortho intramolecular Hbond substituents is 1. The number of amides is 2. The molecule has 2 amide bonds. The molecule has 3 aromatic rings. The summed E-state index contributed by atoms with van der Waals surface area (Å²) in [6.07, 6.45) is 0.484. The highest BCUT2D eigenvalue weighted by atomic mass is 127. The molecule has 0 radical (unpaired) electrons. The summed E-state index contributed by atoms with van der Waals surface area (Å²) >= 11 is 2.20. The number of aromatic hydroxyl groups is 1. The van der Waals surface area contributed by atoms with E-state index in [1.165, 1.54) is 6.07 Å². The van der Waals surface area contributed by atoms with Crippen LogP contribution in [0.25, 0.3) is 10.8 Å². The largest absolute Gasteiger partial charge is 0.508 e. The van der Waals surface area contributed by atoms with Gasteiger partial charge in [-0.05, 0) is 79.5 Å². The molecule has 228 valence electrons. The molecule has 1 saturated heterocycles. The Balaban J connectivity index is 1.33. The molecule has 2 aromatic carbocycles. The van der Waals surface area contributed by atoms with Gasteiger partial charge in [0.2, 0.25) is 0 Å². The lowest BCUT2D eigenvalue weighted by Crippen LogP contribution is -2.53. The van der Waals surface area contributed by atoms with E-state index in [0.717, 1.165) is 39.3 Å². The van der Waals surface area contributed by atoms with Gasteiger partial charge in [0.25, 0.3) is 5.91 Å². The Bertz CT molecular complexity index is 1580. The molecule has 1 aromatic heterocycles. The Hall–Kier alpha value is -3.43. The smallest absolute Gasteiger partial charge is 0.404 e. The molecule has 0 spiro atoms. The van der Waals surface area contributed by atoms with Gasteiger partial charge >= 0.3 is 12.1 Å². The van der Waals surface area contributed by atoms with E-state index in [9.17, 15) is 24.9 Å². The number of hydrogen-bond donors (Lipinski definition) is 4. The van der Waals surface area contributed by atoms with Gasteiger partial charge in [-0.1, -0.05) is 12.1 Å². The van der Waals surface area contributed by atoms with Crippen molar-refractivity contribution in [2.75, 3.05) is 45.2 Å². The van der Waals surface area contributed by atoms with E-state index in [-0.39, 0.29) is 42.7 Å². The number of rotatable bonds is 8. The summed E-state index contributed by atoms with van der Waals surface area (Å²) in [6, 6.07) is 8.53. The number of anilines is 1. The van der Waals surface area contributed by atoms with Crippen LogP contribution in [0.15, 0.2) is 30.3 Å². The number of nitrogens with one attached hydrogen (secondary N) is 1. The number of aliphatic hydroxyl groups is 1. The third kappa shape index (κ3) is 6.29. The Morgan fingerprint density at radius 1 is 1.19 bits per heavy atom. The molecule has 4 N–H and O–H groups in total. The van der Waals surface area contributed by atoms with Crippen molar-refractivity contribution in [3.8, 4) is 11.8 Å². The summed E-state index contributed by atoms with van der Waals surface area (Å²) in [6.45, 7) is 2.36. The minimum atomic E-state index is -1.16. The van der Waals surface area contributed by atoms with E-state index in [4.69, 9.17) is 14.7 Å². The first kappa shape index (κ1) is 29.6. The highest BCUT2D eigenvalue weighted by Crippen LogP contribution is 2.46. The van der Waals surface area contributed by atoms with Crippen molar-refractivity contribution >= 4 is 51.2 Å². The number of phenols is 1. The summed E-state index contributed by atoms with van der Waals surface area (Å²) in [5, 5.41) is 34.4. The van der Waals surface area contributed by atoms with Crippen molar-refractivity contribution in [2.45, 2.75) is 44.5 Å². The lowest BCUT2D eigenvalue weighted by atomic mass is 10.0. The predicted octanol–water partition coefficient (Wildman–Crippen LogP) is 3.02. The average Bonchev–Trinajstić information content (AvgIpc) is 3.55. The van der Waals surface area contributed by atoms with Gasteiger partial charge in [-0.3, -0.25) is 4.79 Å². The van der Waals surface area contributed by atoms with Crippen molar-refractivity contribution in [3.05, 3.63) is 50.7 Å². The molecule has 3 aliphatic rings. The molecule has 2 fully saturated rings. The van der Waals surface area contributed by atoms with Crippen molar-refractivity contribution in [1.82, 2.24) is 25.1 Å². The van der Waals surface area contributed by atoms with Crippen LogP contribution in [0.5, 0.6) is 11.8 Å². The minimum Gasteiger partial charge on any atom is -0.508 e. The van der Waals surface area contributed by atoms with Crippen LogP contribution in [0, 0.1) is 8.99 Å². The molecule has 3 heterocycles. The van der Waals surface area contributed by atoms with Crippen LogP contribution in [0.2, 0.25) is 0 Å². The number of halogens is 1. The van der Waals surface area contributed by atoms with E-state index in [2.05, 4.69) is 32.8 Å². The maximum atomic E-state index is 14.0. The SMILES string of the molecule is CN(C)CC1(COc2nc3c(c(N4CC(O)CC(NC(=O)O)C4)n2)CN(C(=O)c2cc(O)cc4cccc(I)c24)C3)CC1. The van der Waals surface area contributed by atoms with Crippen LogP contribution in [0.3, 0.4) is 0 Å². The van der Waals surface area contributed by atoms with Gasteiger partial charge in [0.1, 0.15) is 11.6 Å². The van der Waals surface area contributed by atoms with Gasteiger partial charge in [-0.15, -0.1) is 0 Å². The Kier molecular flexibility index (Phi) is 7.98. The van der Waals surface area contributed by atoms with Crippen LogP contribution in [-0.4, -0.2) is 99.6 Å². The number of benzene rings is 2. The Morgan fingerprint density at radius 2 is 1.98 bits per heavy atom. The molecule has 0 bridgehead atoms. The Morgan fingerprint density at radius 3 is 2.70 bits per heavy atom. The molecular formula is C30H35IN6O6. The third-order valence-corrected chi connectivity index (χ3v) is 9.24. The number of aliphatic hydroxyl groups excluding tert-OH is 1. The van der Waals surface area contributed by atoms with Gasteiger partial charge in [-0.25, -0.2) is 4.79 Å². The molecule has 2 unspecified atom stereocenters. The summed E-state index contributed by atoms with van der Waals surface area (Å²) in [5.74, 6) is 0.291. The number of carbonyl (C=O) groups is 2. The third-order valence-electron chi connectivity index (χ3n) is 8.34. The second kappa shape index (κ2) is 11.6. The zero-order valence-corrected chi connectivity index (χ0v) is 26.2. The number of ether oxygens (including phenoxy) is 1. The van der Waals surface area contributed by atoms with Crippen LogP contribution in [-0.2, 0) is 13.1 Å². The monoisotopic (exact) mass is 702 g/mol. The first-order chi connectivity index (χ1) is 20.5. The van der Waals surface area contributed by atoms with Crippen molar-refractivity contribution in [2.24, 2.45) is 5.41 Å². The lowest BCUT2D eigenvalue weighted by Gasteiger charge is -2.37. The van der Waals surface area contributed by atoms with Crippen LogP contribution in [0.1, 0.15) is 40.9 Å². The highest BCUT2D eigenvalue weighted by Gasteiger charge is 2.44. The van der Waals surface area contributed by atoms with Crippen LogP contribution < -0.4 is 15.0 Å². The minimum absolute atomic E-state index is 0.0109. The summed E-state index contributed by atoms with van der Waals surface area (Å²) in [5.41, 5.74) is 1.84. The van der Waals surface area contributed by atoms with E-state index < -0.39 is 18.2 Å². The molecule has 13 heteroatoms. The molecule has 1 saturated carbocycles. The molecule has 6 rings (SSSR count). The fourth-order valence-electron chi connectivity index (χ4n) is 6.33. The fraction of sp³-hybridized carbons (Fsp3) is 0.467. The van der Waals surface area contributed by atoms with Crippen LogP contribution in [0.4, 0.5) is 10.6 Å². The molecule has 2 aliphatic heterocycles. The van der Waals surface area contributed by atoms with E-state index >= 15 is 0 Å². The zero-order valence-electron chi connectivity index (χ0n) is 24.1. The number of carbonyl (C=O) groups excluding carboxylic acids is 1. The van der Waals surface area contributed by atoms with Gasteiger partial charge in [-0.2, -0.15) is 9.97 Å². The van der Waals surface area contributed by atoms with Crippen molar-refractivity contribution in [1.29, 1.82) is 0 Å². The molecule has 1 aliphatic carbocycles. The van der Waals surface area contributed by atoms with Gasteiger partial charge < -0.3 is 40.1 Å². The topological polar surface area (TPSA) is 152 Å². The number of carboxylic acid groups (broad SMARTS) is 1. The number of aromatic nitrogens is 2. The standard InChI is InChI=1S/C30H35IN6O6/c1-35(2)15-30(6-7-30)16-43-28-33-24-14-37(27(40)21-10-19(38)8-17-4-3-5-23(31)25(17)21)13-22(24)26(34-28)36-11-18(32-29(41)42)9-20(39)12-36/h3-5,8,10,18,20,32,38-39H,6-7,9,11-16H2,1-2H3,(H,41,42). The number of fused-ring (bicyclic) bond motifs is 2. The van der Waals surface area contributed by atoms with E-state index in [0.29, 0.717) is 36.6 Å². The fourth-order valence-corrected chi connectivity index (χ4v) is 7.14. The van der Waals surface area contributed by atoms with Gasteiger partial charge in [0.05, 0.1) is 43.1 Å². The van der Waals surface area contributed by atoms with Crippen LogP contribution >= 0.6 is 22.6 Å². The predicted molar refractivity (Wildman–Crippen MR) is 167 cm³/mol. The second-order valence-electron chi connectivity index (χ2n) is 12.2. The number of hydrogen-bond acceptors (Lipinski definition) is 9. The van der Waals surface area contributed by atoms with Crippen molar-refractivity contribution < 1.29 is 29.6 Å². The second-order valence-corrected chi connectivity index (χ2v) is 13.4.